The van der Waals surface area contributed by atoms with E-state index < -0.39 is 9.85 Å². The molecule has 89 valence electrons. The molecule has 0 aliphatic carbocycles. The number of hydrogen-bond acceptors (Lipinski definition) is 4. The normalized spacial score (nSPS) is 10.0. The summed E-state index contributed by atoms with van der Waals surface area (Å²) in [6.07, 6.45) is 0. The third-order valence-electron chi connectivity index (χ3n) is 2.41. The molecule has 0 bridgehead atoms. The lowest BCUT2D eigenvalue weighted by Gasteiger charge is -2.03. The highest BCUT2D eigenvalue weighted by Gasteiger charge is 2.21. The zero-order valence-electron chi connectivity index (χ0n) is 9.07. The van der Waals surface area contributed by atoms with Crippen molar-refractivity contribution in [3.05, 3.63) is 68.8 Å². The largest absolute Gasteiger partial charge is 0.285 e. The Hall–Kier alpha value is -2.76. The van der Waals surface area contributed by atoms with Gasteiger partial charge in [0.2, 0.25) is 0 Å². The Bertz CT molecular complexity index is 569. The third-order valence-corrected chi connectivity index (χ3v) is 2.41. The van der Waals surface area contributed by atoms with Crippen LogP contribution >= 0.6 is 0 Å². The van der Waals surface area contributed by atoms with E-state index in [1.807, 2.05) is 0 Å². The number of para-hydroxylation sites is 2. The monoisotopic (exact) mass is 243 g/mol. The summed E-state index contributed by atoms with van der Waals surface area (Å²) in [4.78, 5) is 20.6. The lowest BCUT2D eigenvalue weighted by atomic mass is 10.0. The molecule has 0 unspecified atom stereocenters. The van der Waals surface area contributed by atoms with E-state index in [9.17, 15) is 20.2 Å². The summed E-state index contributed by atoms with van der Waals surface area (Å²) in [5.74, 6) is 0. The molecule has 2 rings (SSSR count). The number of benzene rings is 2. The van der Waals surface area contributed by atoms with E-state index in [1.54, 1.807) is 12.1 Å². The summed E-state index contributed by atoms with van der Waals surface area (Å²) >= 11 is 0. The summed E-state index contributed by atoms with van der Waals surface area (Å²) < 4.78 is 0. The Morgan fingerprint density at radius 1 is 0.889 bits per heavy atom. The van der Waals surface area contributed by atoms with Crippen molar-refractivity contribution in [2.45, 2.75) is 0 Å². The number of hydrogen-bond donors (Lipinski definition) is 0. The number of rotatable bonds is 3. The molecule has 18 heavy (non-hydrogen) atoms. The van der Waals surface area contributed by atoms with Crippen molar-refractivity contribution >= 4 is 11.4 Å². The first-order chi connectivity index (χ1) is 8.61. The maximum atomic E-state index is 10.9. The molecule has 2 aromatic rings. The molecule has 0 amide bonds. The summed E-state index contributed by atoms with van der Waals surface area (Å²) in [5, 5.41) is 21.8. The lowest BCUT2D eigenvalue weighted by Crippen LogP contribution is -1.95. The van der Waals surface area contributed by atoms with Gasteiger partial charge >= 0.3 is 0 Å². The molecule has 1 radical (unpaired) electrons. The second-order valence-corrected chi connectivity index (χ2v) is 3.46. The zero-order valence-corrected chi connectivity index (χ0v) is 9.07. The molecule has 0 saturated heterocycles. The second-order valence-electron chi connectivity index (χ2n) is 3.46. The molecular formula is C12H7N2O4. The maximum absolute atomic E-state index is 10.9. The van der Waals surface area contributed by atoms with Crippen LogP contribution in [0.5, 0.6) is 0 Å². The molecule has 0 spiro atoms. The van der Waals surface area contributed by atoms with Crippen molar-refractivity contribution in [1.82, 2.24) is 0 Å². The predicted octanol–water partition coefficient (Wildman–Crippen LogP) is 2.97. The fourth-order valence-electron chi connectivity index (χ4n) is 1.66. The molecule has 0 atom stereocenters. The smallest absolute Gasteiger partial charge is 0.258 e. The van der Waals surface area contributed by atoms with Gasteiger partial charge in [-0.15, -0.1) is 0 Å². The van der Waals surface area contributed by atoms with Crippen LogP contribution in [-0.4, -0.2) is 9.85 Å². The van der Waals surface area contributed by atoms with Gasteiger partial charge in [-0.05, 0) is 18.2 Å². The molecule has 0 fully saturated rings. The Labute approximate surface area is 102 Å². The molecule has 0 aromatic heterocycles. The zero-order chi connectivity index (χ0) is 13.1. The van der Waals surface area contributed by atoms with E-state index in [0.29, 0.717) is 0 Å². The lowest BCUT2D eigenvalue weighted by molar-refractivity contribution is -0.386. The van der Waals surface area contributed by atoms with Crippen molar-refractivity contribution in [2.75, 3.05) is 0 Å². The van der Waals surface area contributed by atoms with Gasteiger partial charge in [0.05, 0.1) is 27.0 Å². The first-order valence-corrected chi connectivity index (χ1v) is 5.00. The highest BCUT2D eigenvalue weighted by atomic mass is 16.6. The minimum atomic E-state index is -0.605. The van der Waals surface area contributed by atoms with Crippen LogP contribution in [0, 0.1) is 26.3 Å². The molecule has 6 heteroatoms. The van der Waals surface area contributed by atoms with Gasteiger partial charge in [-0.25, -0.2) is 0 Å². The van der Waals surface area contributed by atoms with Gasteiger partial charge in [0.15, 0.2) is 0 Å². The van der Waals surface area contributed by atoms with Crippen LogP contribution in [0.1, 0.15) is 0 Å². The van der Waals surface area contributed by atoms with Gasteiger partial charge in [0.25, 0.3) is 11.4 Å². The van der Waals surface area contributed by atoms with Crippen LogP contribution < -0.4 is 0 Å². The first-order valence-electron chi connectivity index (χ1n) is 5.00. The van der Waals surface area contributed by atoms with Gasteiger partial charge in [-0.3, -0.25) is 20.2 Å². The molecule has 2 aromatic carbocycles. The van der Waals surface area contributed by atoms with Crippen LogP contribution in [0.2, 0.25) is 0 Å². The van der Waals surface area contributed by atoms with Gasteiger partial charge < -0.3 is 0 Å². The van der Waals surface area contributed by atoms with Crippen molar-refractivity contribution in [3.63, 3.8) is 0 Å². The van der Waals surface area contributed by atoms with Crippen LogP contribution in [0.4, 0.5) is 11.4 Å². The minimum Gasteiger partial charge on any atom is -0.258 e. The van der Waals surface area contributed by atoms with Crippen molar-refractivity contribution in [1.29, 1.82) is 0 Å². The average Bonchev–Trinajstić information content (AvgIpc) is 2.38. The first kappa shape index (κ1) is 11.7. The fourth-order valence-corrected chi connectivity index (χ4v) is 1.66. The Kier molecular flexibility index (Phi) is 3.01. The van der Waals surface area contributed by atoms with E-state index in [0.717, 1.165) is 0 Å². The van der Waals surface area contributed by atoms with Gasteiger partial charge in [0, 0.05) is 6.07 Å². The van der Waals surface area contributed by atoms with E-state index in [4.69, 9.17) is 0 Å². The van der Waals surface area contributed by atoms with E-state index in [-0.39, 0.29) is 22.5 Å². The van der Waals surface area contributed by atoms with E-state index >= 15 is 0 Å². The summed E-state index contributed by atoms with van der Waals surface area (Å²) in [6, 6.07) is 12.8. The van der Waals surface area contributed by atoms with Gasteiger partial charge in [-0.2, -0.15) is 0 Å². The SMILES string of the molecule is O=[N+]([O-])c1[c]cccc1-c1ccccc1[N+](=O)[O-]. The van der Waals surface area contributed by atoms with Crippen molar-refractivity contribution in [3.8, 4) is 11.1 Å². The molecule has 0 N–H and O–H groups in total. The Balaban J connectivity index is 2.70. The van der Waals surface area contributed by atoms with Gasteiger partial charge in [0.1, 0.15) is 0 Å². The third kappa shape index (κ3) is 2.03. The molecule has 0 aliphatic heterocycles. The van der Waals surface area contributed by atoms with Crippen LogP contribution in [0.25, 0.3) is 11.1 Å². The highest BCUT2D eigenvalue weighted by Crippen LogP contribution is 2.35. The molecule has 0 aliphatic rings. The number of nitro groups is 2. The summed E-state index contributed by atoms with van der Waals surface area (Å²) in [7, 11) is 0. The molecule has 6 nitrogen and oxygen atoms in total. The quantitative estimate of drug-likeness (QED) is 0.612. The van der Waals surface area contributed by atoms with E-state index in [1.165, 1.54) is 30.3 Å². The molecule has 0 saturated carbocycles. The molecule has 0 heterocycles. The standard InChI is InChI=1S/C12H7N2O4/c15-13(16)11-7-3-1-5-9(11)10-6-2-4-8-12(10)14(17)18/h1-7H. The van der Waals surface area contributed by atoms with Crippen molar-refractivity contribution < 1.29 is 9.85 Å². The molecular weight excluding hydrogens is 236 g/mol. The highest BCUT2D eigenvalue weighted by molar-refractivity contribution is 5.79. The second kappa shape index (κ2) is 4.62. The summed E-state index contributed by atoms with van der Waals surface area (Å²) in [6.45, 7) is 0. The fraction of sp³-hybridized carbons (Fsp3) is 0. The number of nitrogens with zero attached hydrogens (tertiary/aromatic N) is 2. The average molecular weight is 243 g/mol. The summed E-state index contributed by atoms with van der Waals surface area (Å²) in [5.41, 5.74) is -0.0344. The predicted molar refractivity (Wildman–Crippen MR) is 64.0 cm³/mol. The Morgan fingerprint density at radius 3 is 2.22 bits per heavy atom. The van der Waals surface area contributed by atoms with E-state index in [2.05, 4.69) is 6.07 Å². The van der Waals surface area contributed by atoms with Crippen LogP contribution in [-0.2, 0) is 0 Å². The minimum absolute atomic E-state index is 0.166. The maximum Gasteiger partial charge on any atom is 0.285 e. The van der Waals surface area contributed by atoms with Crippen molar-refractivity contribution in [2.24, 2.45) is 0 Å². The van der Waals surface area contributed by atoms with Gasteiger partial charge in [-0.1, -0.05) is 18.2 Å². The van der Waals surface area contributed by atoms with Crippen LogP contribution in [0.3, 0.4) is 0 Å². The Morgan fingerprint density at radius 2 is 1.56 bits per heavy atom. The van der Waals surface area contributed by atoms with Crippen LogP contribution in [0.15, 0.2) is 42.5 Å². The number of nitro benzene ring substituents is 2. The topological polar surface area (TPSA) is 86.3 Å².